The molecule has 9 heteroatoms. The van der Waals surface area contributed by atoms with Gasteiger partial charge in [0.1, 0.15) is 11.8 Å². The number of fused-ring (bicyclic) bond motifs is 1. The van der Waals surface area contributed by atoms with Crippen molar-refractivity contribution in [3.8, 4) is 11.1 Å². The van der Waals surface area contributed by atoms with E-state index in [0.29, 0.717) is 16.6 Å². The van der Waals surface area contributed by atoms with Crippen molar-refractivity contribution in [2.45, 2.75) is 6.18 Å². The molecular formula is C11H7F3N6. The van der Waals surface area contributed by atoms with E-state index in [1.54, 1.807) is 12.3 Å². The molecule has 0 unspecified atom stereocenters. The number of anilines is 1. The highest BCUT2D eigenvalue weighted by Crippen LogP contribution is 2.29. The summed E-state index contributed by atoms with van der Waals surface area (Å²) in [6, 6.07) is 1.66. The van der Waals surface area contributed by atoms with Crippen LogP contribution in [0.5, 0.6) is 0 Å². The van der Waals surface area contributed by atoms with Gasteiger partial charge in [0, 0.05) is 29.7 Å². The predicted molar refractivity (Wildman–Crippen MR) is 63.4 cm³/mol. The minimum atomic E-state index is -4.57. The van der Waals surface area contributed by atoms with Gasteiger partial charge in [-0.1, -0.05) is 0 Å². The molecule has 0 saturated carbocycles. The molecular weight excluding hydrogens is 273 g/mol. The zero-order valence-corrected chi connectivity index (χ0v) is 9.83. The standard InChI is InChI=1S/C11H7F3N6/c12-11(13,14)10-16-3-6(4-17-10)7-1-2-20-8(7)9(15)18-5-19-20/h1-5H,(H2,15,18,19). The van der Waals surface area contributed by atoms with E-state index in [4.69, 9.17) is 5.73 Å². The highest BCUT2D eigenvalue weighted by atomic mass is 19.4. The van der Waals surface area contributed by atoms with Crippen LogP contribution in [0.4, 0.5) is 19.0 Å². The molecule has 2 N–H and O–H groups in total. The lowest BCUT2D eigenvalue weighted by Gasteiger charge is -2.05. The first-order valence-electron chi connectivity index (χ1n) is 5.44. The smallest absolute Gasteiger partial charge is 0.382 e. The fourth-order valence-corrected chi connectivity index (χ4v) is 1.82. The zero-order valence-electron chi connectivity index (χ0n) is 9.83. The minimum Gasteiger partial charge on any atom is -0.382 e. The van der Waals surface area contributed by atoms with E-state index in [2.05, 4.69) is 20.1 Å². The van der Waals surface area contributed by atoms with Crippen LogP contribution in [0.25, 0.3) is 16.6 Å². The quantitative estimate of drug-likeness (QED) is 0.734. The van der Waals surface area contributed by atoms with Gasteiger partial charge in [-0.3, -0.25) is 0 Å². The molecule has 3 rings (SSSR count). The van der Waals surface area contributed by atoms with E-state index in [1.165, 1.54) is 10.8 Å². The Bertz CT molecular complexity index is 762. The summed E-state index contributed by atoms with van der Waals surface area (Å²) < 4.78 is 38.7. The Labute approximate surface area is 110 Å². The van der Waals surface area contributed by atoms with Gasteiger partial charge < -0.3 is 5.73 Å². The predicted octanol–water partition coefficient (Wildman–Crippen LogP) is 1.79. The normalized spacial score (nSPS) is 11.9. The lowest BCUT2D eigenvalue weighted by Crippen LogP contribution is -2.10. The van der Waals surface area contributed by atoms with E-state index < -0.39 is 12.0 Å². The molecule has 0 aromatic carbocycles. The van der Waals surface area contributed by atoms with Gasteiger partial charge in [0.15, 0.2) is 5.82 Å². The van der Waals surface area contributed by atoms with Gasteiger partial charge in [-0.05, 0) is 6.07 Å². The molecule has 0 aliphatic rings. The molecule has 20 heavy (non-hydrogen) atoms. The molecule has 0 radical (unpaired) electrons. The van der Waals surface area contributed by atoms with Gasteiger partial charge in [0.25, 0.3) is 0 Å². The van der Waals surface area contributed by atoms with Crippen molar-refractivity contribution in [2.24, 2.45) is 0 Å². The van der Waals surface area contributed by atoms with Gasteiger partial charge in [-0.2, -0.15) is 18.3 Å². The molecule has 0 aliphatic heterocycles. The van der Waals surface area contributed by atoms with Crippen LogP contribution in [-0.4, -0.2) is 24.6 Å². The maximum Gasteiger partial charge on any atom is 0.451 e. The van der Waals surface area contributed by atoms with Crippen molar-refractivity contribution < 1.29 is 13.2 Å². The number of hydrogen-bond donors (Lipinski definition) is 1. The molecule has 3 heterocycles. The molecule has 0 spiro atoms. The first kappa shape index (κ1) is 12.3. The summed E-state index contributed by atoms with van der Waals surface area (Å²) in [5.41, 5.74) is 7.21. The molecule has 3 aromatic heterocycles. The van der Waals surface area contributed by atoms with Crippen LogP contribution in [0.15, 0.2) is 31.0 Å². The fourth-order valence-electron chi connectivity index (χ4n) is 1.82. The zero-order chi connectivity index (χ0) is 14.3. The van der Waals surface area contributed by atoms with Crippen LogP contribution < -0.4 is 5.73 Å². The molecule has 0 fully saturated rings. The summed E-state index contributed by atoms with van der Waals surface area (Å²) >= 11 is 0. The highest BCUT2D eigenvalue weighted by Gasteiger charge is 2.34. The Morgan fingerprint density at radius 1 is 1.10 bits per heavy atom. The largest absolute Gasteiger partial charge is 0.451 e. The van der Waals surface area contributed by atoms with Crippen molar-refractivity contribution in [2.75, 3.05) is 5.73 Å². The first-order chi connectivity index (χ1) is 9.47. The van der Waals surface area contributed by atoms with Gasteiger partial charge >= 0.3 is 6.18 Å². The number of nitrogens with zero attached hydrogens (tertiary/aromatic N) is 5. The average Bonchev–Trinajstić information content (AvgIpc) is 2.83. The van der Waals surface area contributed by atoms with Crippen molar-refractivity contribution in [1.82, 2.24) is 24.6 Å². The number of rotatable bonds is 1. The fraction of sp³-hybridized carbons (Fsp3) is 0.0909. The lowest BCUT2D eigenvalue weighted by molar-refractivity contribution is -0.144. The summed E-state index contributed by atoms with van der Waals surface area (Å²) in [5, 5.41) is 3.95. The maximum absolute atomic E-state index is 12.4. The molecule has 0 saturated heterocycles. The van der Waals surface area contributed by atoms with Crippen molar-refractivity contribution in [3.63, 3.8) is 0 Å². The lowest BCUT2D eigenvalue weighted by atomic mass is 10.1. The van der Waals surface area contributed by atoms with Gasteiger partial charge in [-0.15, -0.1) is 0 Å². The van der Waals surface area contributed by atoms with Crippen LogP contribution in [0.2, 0.25) is 0 Å². The van der Waals surface area contributed by atoms with Crippen molar-refractivity contribution in [1.29, 1.82) is 0 Å². The molecule has 0 bridgehead atoms. The van der Waals surface area contributed by atoms with E-state index in [1.807, 2.05) is 0 Å². The molecule has 3 aromatic rings. The number of alkyl halides is 3. The number of halogens is 3. The van der Waals surface area contributed by atoms with Gasteiger partial charge in [0.2, 0.25) is 5.82 Å². The summed E-state index contributed by atoms with van der Waals surface area (Å²) in [6.07, 6.45) is 0.536. The first-order valence-corrected chi connectivity index (χ1v) is 5.44. The number of hydrogen-bond acceptors (Lipinski definition) is 5. The van der Waals surface area contributed by atoms with E-state index >= 15 is 0 Å². The second kappa shape index (κ2) is 4.15. The van der Waals surface area contributed by atoms with Gasteiger partial charge in [-0.25, -0.2) is 19.5 Å². The van der Waals surface area contributed by atoms with Crippen LogP contribution in [0.3, 0.4) is 0 Å². The second-order valence-corrected chi connectivity index (χ2v) is 3.96. The highest BCUT2D eigenvalue weighted by molar-refractivity contribution is 5.86. The van der Waals surface area contributed by atoms with Gasteiger partial charge in [0.05, 0.1) is 0 Å². The monoisotopic (exact) mass is 280 g/mol. The Kier molecular flexibility index (Phi) is 2.56. The molecule has 0 amide bonds. The summed E-state index contributed by atoms with van der Waals surface area (Å²) in [7, 11) is 0. The molecule has 0 atom stereocenters. The molecule has 0 aliphatic carbocycles. The van der Waals surface area contributed by atoms with E-state index in [0.717, 1.165) is 12.4 Å². The van der Waals surface area contributed by atoms with E-state index in [-0.39, 0.29) is 5.82 Å². The third-order valence-electron chi connectivity index (χ3n) is 2.70. The Morgan fingerprint density at radius 2 is 1.80 bits per heavy atom. The summed E-state index contributed by atoms with van der Waals surface area (Å²) in [6.45, 7) is 0. The number of aromatic nitrogens is 5. The van der Waals surface area contributed by atoms with Crippen LogP contribution in [0.1, 0.15) is 5.82 Å². The number of nitrogen functional groups attached to an aromatic ring is 1. The number of nitrogens with two attached hydrogens (primary N) is 1. The Hall–Kier alpha value is -2.71. The summed E-state index contributed by atoms with van der Waals surface area (Å²) in [5.74, 6) is -0.964. The third-order valence-corrected chi connectivity index (χ3v) is 2.70. The van der Waals surface area contributed by atoms with Crippen molar-refractivity contribution in [3.05, 3.63) is 36.8 Å². The maximum atomic E-state index is 12.4. The minimum absolute atomic E-state index is 0.222. The Balaban J connectivity index is 2.12. The third kappa shape index (κ3) is 1.92. The van der Waals surface area contributed by atoms with Crippen molar-refractivity contribution >= 4 is 11.3 Å². The topological polar surface area (TPSA) is 82.0 Å². The summed E-state index contributed by atoms with van der Waals surface area (Å²) in [4.78, 5) is 10.5. The molecule has 102 valence electrons. The Morgan fingerprint density at radius 3 is 2.45 bits per heavy atom. The second-order valence-electron chi connectivity index (χ2n) is 3.96. The van der Waals surface area contributed by atoms with Crippen LogP contribution in [0, 0.1) is 0 Å². The van der Waals surface area contributed by atoms with Crippen LogP contribution in [-0.2, 0) is 6.18 Å². The van der Waals surface area contributed by atoms with Crippen LogP contribution >= 0.6 is 0 Å². The SMILES string of the molecule is Nc1ncnn2ccc(-c3cnc(C(F)(F)F)nc3)c12. The van der Waals surface area contributed by atoms with E-state index in [9.17, 15) is 13.2 Å². The average molecular weight is 280 g/mol. The molecule has 6 nitrogen and oxygen atoms in total.